The molecule has 0 saturated heterocycles. The Labute approximate surface area is 500 Å². The van der Waals surface area contributed by atoms with E-state index in [1.54, 1.807) is 59.0 Å². The molecule has 6 amide bonds. The molecule has 2 aliphatic heterocycles. The molecular formula is C62H65F4N9O13. The Balaban J connectivity index is 0.00000124. The molecule has 0 spiro atoms. The van der Waals surface area contributed by atoms with Gasteiger partial charge in [-0.1, -0.05) is 75.4 Å². The summed E-state index contributed by atoms with van der Waals surface area (Å²) in [6.07, 6.45) is -5.49. The third kappa shape index (κ3) is 12.7. The van der Waals surface area contributed by atoms with Gasteiger partial charge in [0, 0.05) is 54.3 Å². The average Bonchev–Trinajstić information content (AvgIpc) is 1.46. The number of amides is 6. The number of aromatic nitrogens is 2. The van der Waals surface area contributed by atoms with Crippen molar-refractivity contribution >= 4 is 58.6 Å². The summed E-state index contributed by atoms with van der Waals surface area (Å²) in [5.74, 6) is -5.65. The lowest BCUT2D eigenvalue weighted by molar-refractivity contribution is -0.192. The van der Waals surface area contributed by atoms with Crippen molar-refractivity contribution in [3.63, 3.8) is 0 Å². The fraction of sp³-hybridized carbons (Fsp3) is 0.371. The number of nitrogens with two attached hydrogens (primary N) is 2. The van der Waals surface area contributed by atoms with Gasteiger partial charge in [-0.3, -0.25) is 14.4 Å². The van der Waals surface area contributed by atoms with Gasteiger partial charge in [0.2, 0.25) is 11.8 Å². The lowest BCUT2D eigenvalue weighted by Crippen LogP contribution is -2.51. The number of alkyl halides is 3. The number of esters is 1. The summed E-state index contributed by atoms with van der Waals surface area (Å²) in [6.45, 7) is 6.39. The standard InChI is InChI=1S/C60H64FN9O11.C2HF3O2/c1-6-60(78)43-23-48-52-40(26-70(48)55(73)42(43)29-79-56(60)74)50-45(20-19-35-31(4)44(61)24-47(66-52)49(35)50)68-58(76)80-27-32-17-18-34(65-53(71)46(16-11-21-64-57(63)75)67-54(72)51(62)30(2)3)22-33(32)25-69(5)59(77)81-28-41-38-14-9-7-12-36(38)37-13-8-10-15-39(37)41;3-2(4,5)1(6)7/h7-10,12-15,17-18,22-24,30,41,45-46,51,78H,6,11,16,19-21,25-29,62H2,1-5H3,(H,65,71)(H,67,72)(H,68,76)(H3,63,64,75);(H,6,7)/t45-,46-,51-,60-;/m0./s1. The molecule has 6 aromatic rings. The van der Waals surface area contributed by atoms with Gasteiger partial charge >= 0.3 is 36.3 Å². The number of alkyl carbamates (subject to hydrolysis) is 1. The number of hydrogen-bond donors (Lipinski definition) is 8. The molecule has 464 valence electrons. The lowest BCUT2D eigenvalue weighted by Gasteiger charge is -2.31. The quantitative estimate of drug-likeness (QED) is 0.0192. The van der Waals surface area contributed by atoms with Crippen LogP contribution in [0.25, 0.3) is 33.4 Å². The van der Waals surface area contributed by atoms with Gasteiger partial charge in [0.15, 0.2) is 5.60 Å². The zero-order valence-corrected chi connectivity index (χ0v) is 48.6. The summed E-state index contributed by atoms with van der Waals surface area (Å²) < 4.78 is 66.1. The second-order valence-electron chi connectivity index (χ2n) is 22.3. The number of carboxylic acid groups (broad SMARTS) is 1. The Morgan fingerprint density at radius 1 is 0.932 bits per heavy atom. The second-order valence-corrected chi connectivity index (χ2v) is 22.3. The maximum atomic E-state index is 15.6. The number of aliphatic hydroxyl groups is 1. The van der Waals surface area contributed by atoms with E-state index in [2.05, 4.69) is 21.3 Å². The summed E-state index contributed by atoms with van der Waals surface area (Å²) in [7, 11) is 1.56. The molecule has 10 N–H and O–H groups in total. The minimum atomic E-state index is -5.08. The predicted molar refractivity (Wildman–Crippen MR) is 310 cm³/mol. The molecule has 4 aliphatic rings. The number of aryl methyl sites for hydroxylation is 1. The highest BCUT2D eigenvalue weighted by Gasteiger charge is 2.46. The molecule has 22 nitrogen and oxygen atoms in total. The molecule has 0 bridgehead atoms. The summed E-state index contributed by atoms with van der Waals surface area (Å²) >= 11 is 0. The van der Waals surface area contributed by atoms with Crippen molar-refractivity contribution in [3.8, 4) is 22.5 Å². The number of pyridine rings is 2. The summed E-state index contributed by atoms with van der Waals surface area (Å²) in [5, 5.41) is 30.4. The molecular weight excluding hydrogens is 1150 g/mol. The molecule has 10 rings (SSSR count). The Bertz CT molecular complexity index is 3830. The zero-order chi connectivity index (χ0) is 63.7. The molecule has 26 heteroatoms. The number of fused-ring (bicyclic) bond motifs is 8. The summed E-state index contributed by atoms with van der Waals surface area (Å²) in [6, 6.07) is 20.3. The number of aliphatic carboxylic acids is 1. The van der Waals surface area contributed by atoms with Crippen molar-refractivity contribution in [2.75, 3.05) is 25.5 Å². The number of hydrogen-bond acceptors (Lipinski definition) is 14. The van der Waals surface area contributed by atoms with Gasteiger partial charge < -0.3 is 66.6 Å². The first kappa shape index (κ1) is 63.1. The Morgan fingerprint density at radius 3 is 2.24 bits per heavy atom. The number of rotatable bonds is 17. The second kappa shape index (κ2) is 25.5. The van der Waals surface area contributed by atoms with Gasteiger partial charge in [0.05, 0.1) is 41.1 Å². The van der Waals surface area contributed by atoms with Crippen molar-refractivity contribution in [2.45, 2.75) is 122 Å². The molecule has 2 aromatic heterocycles. The molecule has 4 heterocycles. The number of benzene rings is 4. The SMILES string of the molecule is CC[C@@]1(O)C(=O)OCc2c1cc1n(c2=O)Cc2c-1nc1cc(F)c(C)c3c1c2[C@@H](NC(=O)OCc1ccc(NC(=O)[C@H](CCCNC(N)=O)NC(=O)[C@@H](N)C(C)C)cc1CN(C)C(=O)OCC1c2ccccc2-c2ccccc21)CC3.O=C(O)C(F)(F)F. The largest absolute Gasteiger partial charge is 0.490 e. The molecule has 88 heavy (non-hydrogen) atoms. The number of nitrogens with zero attached hydrogens (tertiary/aromatic N) is 3. The summed E-state index contributed by atoms with van der Waals surface area (Å²) in [5.41, 5.74) is 17.9. The van der Waals surface area contributed by atoms with E-state index in [0.717, 1.165) is 22.3 Å². The Kier molecular flexibility index (Phi) is 18.3. The van der Waals surface area contributed by atoms with E-state index in [0.29, 0.717) is 68.5 Å². The number of carbonyl (C=O) groups excluding carboxylic acids is 6. The first-order valence-electron chi connectivity index (χ1n) is 28.3. The monoisotopic (exact) mass is 1220 g/mol. The van der Waals surface area contributed by atoms with Crippen LogP contribution >= 0.6 is 0 Å². The first-order valence-corrected chi connectivity index (χ1v) is 28.3. The zero-order valence-electron chi connectivity index (χ0n) is 48.6. The van der Waals surface area contributed by atoms with Crippen LogP contribution in [0.2, 0.25) is 0 Å². The van der Waals surface area contributed by atoms with Gasteiger partial charge in [0.1, 0.15) is 31.7 Å². The minimum absolute atomic E-state index is 0.0329. The van der Waals surface area contributed by atoms with Crippen molar-refractivity contribution in [1.29, 1.82) is 0 Å². The average molecular weight is 1220 g/mol. The van der Waals surface area contributed by atoms with Gasteiger partial charge in [0.25, 0.3) is 5.56 Å². The normalized spacial score (nSPS) is 16.7. The fourth-order valence-corrected chi connectivity index (χ4v) is 11.6. The third-order valence-electron chi connectivity index (χ3n) is 16.4. The van der Waals surface area contributed by atoms with E-state index in [-0.39, 0.29) is 87.4 Å². The van der Waals surface area contributed by atoms with E-state index in [4.69, 9.17) is 40.6 Å². The molecule has 4 aromatic carbocycles. The molecule has 0 radical (unpaired) electrons. The van der Waals surface area contributed by atoms with Crippen molar-refractivity contribution in [1.82, 2.24) is 30.4 Å². The van der Waals surface area contributed by atoms with E-state index in [1.807, 2.05) is 48.5 Å². The number of ether oxygens (including phenoxy) is 3. The van der Waals surface area contributed by atoms with Gasteiger partial charge in [-0.2, -0.15) is 13.2 Å². The van der Waals surface area contributed by atoms with Gasteiger partial charge in [-0.25, -0.2) is 33.3 Å². The molecule has 2 aliphatic carbocycles. The number of anilines is 1. The fourth-order valence-electron chi connectivity index (χ4n) is 11.6. The maximum Gasteiger partial charge on any atom is 0.490 e. The lowest BCUT2D eigenvalue weighted by atomic mass is 9.81. The van der Waals surface area contributed by atoms with E-state index in [9.17, 15) is 51.8 Å². The van der Waals surface area contributed by atoms with Crippen molar-refractivity contribution in [2.24, 2.45) is 17.4 Å². The van der Waals surface area contributed by atoms with Crippen molar-refractivity contribution in [3.05, 3.63) is 151 Å². The predicted octanol–water partition coefficient (Wildman–Crippen LogP) is 7.31. The molecule has 0 fully saturated rings. The van der Waals surface area contributed by atoms with Crippen molar-refractivity contribution < 1.29 is 75.5 Å². The Hall–Kier alpha value is -9.43. The van der Waals surface area contributed by atoms with Crippen LogP contribution in [0.1, 0.15) is 114 Å². The number of carbonyl (C=O) groups is 7. The highest BCUT2D eigenvalue weighted by Crippen LogP contribution is 2.47. The molecule has 0 saturated carbocycles. The van der Waals surface area contributed by atoms with E-state index >= 15 is 4.39 Å². The van der Waals surface area contributed by atoms with Crippen LogP contribution in [0.5, 0.6) is 0 Å². The van der Waals surface area contributed by atoms with E-state index in [1.165, 1.54) is 15.5 Å². The number of nitrogens with one attached hydrogen (secondary N) is 4. The molecule has 4 atom stereocenters. The van der Waals surface area contributed by atoms with Crippen LogP contribution in [-0.2, 0) is 71.7 Å². The van der Waals surface area contributed by atoms with Crippen LogP contribution in [0.4, 0.5) is 37.6 Å². The number of cyclic esters (lactones) is 1. The number of halogens is 4. The van der Waals surface area contributed by atoms with Gasteiger partial charge in [-0.05, 0) is 113 Å². The van der Waals surface area contributed by atoms with Crippen LogP contribution in [0.3, 0.4) is 0 Å². The maximum absolute atomic E-state index is 15.6. The topological polar surface area (TPSA) is 326 Å². The molecule has 0 unspecified atom stereocenters. The number of primary amides is 1. The first-order chi connectivity index (χ1) is 41.7. The van der Waals surface area contributed by atoms with Crippen LogP contribution in [0.15, 0.2) is 83.7 Å². The smallest absolute Gasteiger partial charge is 0.475 e. The number of carboxylic acids is 1. The van der Waals surface area contributed by atoms with Gasteiger partial charge in [-0.15, -0.1) is 0 Å². The number of urea groups is 1. The van der Waals surface area contributed by atoms with Crippen LogP contribution in [0, 0.1) is 18.7 Å². The highest BCUT2D eigenvalue weighted by molar-refractivity contribution is 5.98. The van der Waals surface area contributed by atoms with E-state index < -0.39 is 83.2 Å². The van der Waals surface area contributed by atoms with Crippen LogP contribution in [-0.4, -0.2) is 105 Å². The highest BCUT2D eigenvalue weighted by atomic mass is 19.4. The third-order valence-corrected chi connectivity index (χ3v) is 16.4. The van der Waals surface area contributed by atoms with Crippen LogP contribution < -0.4 is 38.3 Å². The summed E-state index contributed by atoms with van der Waals surface area (Å²) in [4.78, 5) is 109. The Morgan fingerprint density at radius 2 is 1.60 bits per heavy atom. The minimum Gasteiger partial charge on any atom is -0.475 e.